The van der Waals surface area contributed by atoms with Crippen LogP contribution >= 0.6 is 11.3 Å². The number of carbonyl (C=O) groups excluding carboxylic acids is 1. The molecule has 5 nitrogen and oxygen atoms in total. The molecule has 2 aliphatic rings. The highest BCUT2D eigenvalue weighted by molar-refractivity contribution is 7.09. The van der Waals surface area contributed by atoms with Gasteiger partial charge in [0.05, 0.1) is 17.2 Å². The van der Waals surface area contributed by atoms with Crippen molar-refractivity contribution >= 4 is 17.2 Å². The van der Waals surface area contributed by atoms with Gasteiger partial charge in [-0.2, -0.15) is 0 Å². The Kier molecular flexibility index (Phi) is 7.46. The van der Waals surface area contributed by atoms with E-state index in [2.05, 4.69) is 34.3 Å². The van der Waals surface area contributed by atoms with Gasteiger partial charge in [0.25, 0.3) is 0 Å². The van der Waals surface area contributed by atoms with Crippen LogP contribution in [0, 0.1) is 0 Å². The number of aromatic nitrogens is 1. The molecular weight excluding hydrogens is 344 g/mol. The number of nitrogens with one attached hydrogen (secondary N) is 1. The fourth-order valence-corrected chi connectivity index (χ4v) is 4.87. The summed E-state index contributed by atoms with van der Waals surface area (Å²) in [6.07, 6.45) is 7.76. The lowest BCUT2D eigenvalue weighted by atomic mass is 9.90. The number of thiazole rings is 1. The van der Waals surface area contributed by atoms with E-state index < -0.39 is 0 Å². The molecule has 1 aromatic rings. The summed E-state index contributed by atoms with van der Waals surface area (Å²) < 4.78 is 0. The first-order valence-corrected chi connectivity index (χ1v) is 11.2. The molecule has 146 valence electrons. The van der Waals surface area contributed by atoms with Crippen LogP contribution in [0.25, 0.3) is 0 Å². The van der Waals surface area contributed by atoms with Gasteiger partial charge in [0, 0.05) is 50.1 Å². The van der Waals surface area contributed by atoms with Crippen LogP contribution in [0.5, 0.6) is 0 Å². The Morgan fingerprint density at radius 1 is 1.23 bits per heavy atom. The molecule has 2 fully saturated rings. The van der Waals surface area contributed by atoms with Crippen molar-refractivity contribution < 1.29 is 4.79 Å². The third-order valence-electron chi connectivity index (χ3n) is 5.76. The largest absolute Gasteiger partial charge is 0.353 e. The highest BCUT2D eigenvalue weighted by Gasteiger charge is 2.22. The van der Waals surface area contributed by atoms with Gasteiger partial charge in [-0.15, -0.1) is 11.3 Å². The van der Waals surface area contributed by atoms with Crippen LogP contribution in [-0.2, 0) is 11.3 Å². The Balaban J connectivity index is 1.40. The number of hydrogen-bond donors (Lipinski definition) is 1. The van der Waals surface area contributed by atoms with E-state index in [4.69, 9.17) is 4.98 Å². The standard InChI is InChI=1S/C20H34N4OS/c1-3-16(2)21-19(25)14-24-11-9-23(10-12-24)13-18-15-26-20(22-18)17-7-5-4-6-8-17/h15-17H,3-14H2,1-2H3,(H,21,25)/t16-/m0/s1. The summed E-state index contributed by atoms with van der Waals surface area (Å²) in [5, 5.41) is 6.68. The molecule has 3 rings (SSSR count). The quantitative estimate of drug-likeness (QED) is 0.791. The van der Waals surface area contributed by atoms with Crippen molar-refractivity contribution in [1.29, 1.82) is 0 Å². The third kappa shape index (κ3) is 5.76. The Morgan fingerprint density at radius 2 is 1.92 bits per heavy atom. The molecule has 0 bridgehead atoms. The second-order valence-electron chi connectivity index (χ2n) is 7.94. The molecule has 1 saturated heterocycles. The zero-order valence-corrected chi connectivity index (χ0v) is 17.2. The lowest BCUT2D eigenvalue weighted by Gasteiger charge is -2.34. The highest BCUT2D eigenvalue weighted by Crippen LogP contribution is 2.34. The fraction of sp³-hybridized carbons (Fsp3) is 0.800. The summed E-state index contributed by atoms with van der Waals surface area (Å²) in [4.78, 5) is 21.7. The summed E-state index contributed by atoms with van der Waals surface area (Å²) >= 11 is 1.86. The van der Waals surface area contributed by atoms with Crippen LogP contribution in [0.1, 0.15) is 69.0 Å². The minimum atomic E-state index is 0.157. The van der Waals surface area contributed by atoms with Crippen LogP contribution in [-0.4, -0.2) is 59.5 Å². The van der Waals surface area contributed by atoms with E-state index in [1.165, 1.54) is 42.8 Å². The molecule has 1 saturated carbocycles. The van der Waals surface area contributed by atoms with Crippen LogP contribution in [0.3, 0.4) is 0 Å². The normalized spacial score (nSPS) is 21.6. The molecule has 26 heavy (non-hydrogen) atoms. The van der Waals surface area contributed by atoms with Crippen molar-refractivity contribution in [2.24, 2.45) is 0 Å². The average molecular weight is 379 g/mol. The van der Waals surface area contributed by atoms with E-state index in [0.717, 1.165) is 39.1 Å². The molecule has 1 atom stereocenters. The van der Waals surface area contributed by atoms with Crippen LogP contribution < -0.4 is 5.32 Å². The minimum absolute atomic E-state index is 0.157. The van der Waals surface area contributed by atoms with Crippen molar-refractivity contribution in [2.75, 3.05) is 32.7 Å². The van der Waals surface area contributed by atoms with Gasteiger partial charge >= 0.3 is 0 Å². The second kappa shape index (κ2) is 9.81. The minimum Gasteiger partial charge on any atom is -0.353 e. The highest BCUT2D eigenvalue weighted by atomic mass is 32.1. The van der Waals surface area contributed by atoms with E-state index in [0.29, 0.717) is 12.5 Å². The van der Waals surface area contributed by atoms with Crippen LogP contribution in [0.2, 0.25) is 0 Å². The van der Waals surface area contributed by atoms with Crippen molar-refractivity contribution in [2.45, 2.75) is 70.9 Å². The van der Waals surface area contributed by atoms with E-state index in [9.17, 15) is 4.79 Å². The molecule has 0 unspecified atom stereocenters. The molecule has 1 amide bonds. The number of piperazine rings is 1. The number of amides is 1. The molecule has 1 aromatic heterocycles. The smallest absolute Gasteiger partial charge is 0.234 e. The first kappa shape index (κ1) is 19.8. The zero-order chi connectivity index (χ0) is 18.4. The first-order valence-electron chi connectivity index (χ1n) is 10.3. The molecule has 1 aliphatic heterocycles. The predicted octanol–water partition coefficient (Wildman–Crippen LogP) is 3.22. The molecule has 6 heteroatoms. The first-order chi connectivity index (χ1) is 12.6. The Hall–Kier alpha value is -0.980. The van der Waals surface area contributed by atoms with Crippen LogP contribution in [0.15, 0.2) is 5.38 Å². The average Bonchev–Trinajstić information content (AvgIpc) is 3.12. The predicted molar refractivity (Wildman–Crippen MR) is 108 cm³/mol. The van der Waals surface area contributed by atoms with Gasteiger partial charge in [-0.1, -0.05) is 26.2 Å². The van der Waals surface area contributed by atoms with Crippen molar-refractivity contribution in [3.8, 4) is 0 Å². The van der Waals surface area contributed by atoms with Crippen molar-refractivity contribution in [3.05, 3.63) is 16.1 Å². The van der Waals surface area contributed by atoms with E-state index in [-0.39, 0.29) is 11.9 Å². The number of hydrogen-bond acceptors (Lipinski definition) is 5. The fourth-order valence-electron chi connectivity index (χ4n) is 3.89. The molecular formula is C20H34N4OS. The third-order valence-corrected chi connectivity index (χ3v) is 6.82. The van der Waals surface area contributed by atoms with Gasteiger partial charge < -0.3 is 5.32 Å². The van der Waals surface area contributed by atoms with E-state index in [1.807, 2.05) is 11.3 Å². The maximum Gasteiger partial charge on any atom is 0.234 e. The Morgan fingerprint density at radius 3 is 2.62 bits per heavy atom. The lowest BCUT2D eigenvalue weighted by molar-refractivity contribution is -0.123. The monoisotopic (exact) mass is 378 g/mol. The molecule has 1 N–H and O–H groups in total. The number of nitrogens with zero attached hydrogens (tertiary/aromatic N) is 3. The number of carbonyl (C=O) groups is 1. The van der Waals surface area contributed by atoms with E-state index >= 15 is 0 Å². The maximum atomic E-state index is 12.0. The maximum absolute atomic E-state index is 12.0. The van der Waals surface area contributed by atoms with Gasteiger partial charge in [0.2, 0.25) is 5.91 Å². The Labute approximate surface area is 162 Å². The van der Waals surface area contributed by atoms with Crippen molar-refractivity contribution in [1.82, 2.24) is 20.1 Å². The SMILES string of the molecule is CC[C@H](C)NC(=O)CN1CCN(Cc2csc(C3CCCCC3)n2)CC1. The second-order valence-corrected chi connectivity index (χ2v) is 8.83. The van der Waals surface area contributed by atoms with Gasteiger partial charge in [-0.05, 0) is 26.2 Å². The van der Waals surface area contributed by atoms with Crippen molar-refractivity contribution in [3.63, 3.8) is 0 Å². The van der Waals surface area contributed by atoms with Crippen LogP contribution in [0.4, 0.5) is 0 Å². The Bertz CT molecular complexity index is 562. The molecule has 0 aromatic carbocycles. The summed E-state index contributed by atoms with van der Waals surface area (Å²) in [6.45, 7) is 9.62. The van der Waals surface area contributed by atoms with E-state index in [1.54, 1.807) is 0 Å². The molecule has 1 aliphatic carbocycles. The molecule has 0 radical (unpaired) electrons. The molecule has 2 heterocycles. The van der Waals surface area contributed by atoms with Gasteiger partial charge in [0.15, 0.2) is 0 Å². The van der Waals surface area contributed by atoms with Gasteiger partial charge in [0.1, 0.15) is 0 Å². The zero-order valence-electron chi connectivity index (χ0n) is 16.4. The summed E-state index contributed by atoms with van der Waals surface area (Å²) in [7, 11) is 0. The summed E-state index contributed by atoms with van der Waals surface area (Å²) in [6, 6.07) is 0.270. The number of rotatable bonds is 7. The lowest BCUT2D eigenvalue weighted by Crippen LogP contribution is -2.49. The topological polar surface area (TPSA) is 48.5 Å². The van der Waals surface area contributed by atoms with Gasteiger partial charge in [-0.25, -0.2) is 4.98 Å². The molecule has 0 spiro atoms. The summed E-state index contributed by atoms with van der Waals surface area (Å²) in [5.74, 6) is 0.868. The van der Waals surface area contributed by atoms with Gasteiger partial charge in [-0.3, -0.25) is 14.6 Å². The summed E-state index contributed by atoms with van der Waals surface area (Å²) in [5.41, 5.74) is 1.23.